The zero-order chi connectivity index (χ0) is 9.47. The van der Waals surface area contributed by atoms with Crippen LogP contribution in [0.5, 0.6) is 0 Å². The van der Waals surface area contributed by atoms with Gasteiger partial charge in [0.25, 0.3) is 0 Å². The summed E-state index contributed by atoms with van der Waals surface area (Å²) in [6.45, 7) is 2.48. The van der Waals surface area contributed by atoms with Gasteiger partial charge < -0.3 is 9.84 Å². The van der Waals surface area contributed by atoms with Crippen molar-refractivity contribution in [3.8, 4) is 0 Å². The highest BCUT2D eigenvalue weighted by atomic mass is 35.5. The van der Waals surface area contributed by atoms with Crippen molar-refractivity contribution in [3.63, 3.8) is 0 Å². The van der Waals surface area contributed by atoms with Crippen molar-refractivity contribution in [2.75, 3.05) is 6.61 Å². The summed E-state index contributed by atoms with van der Waals surface area (Å²) in [5.41, 5.74) is -0.870. The largest absolute Gasteiger partial charge is 0.381 e. The number of halogens is 1. The Labute approximate surface area is 86.1 Å². The molecule has 13 heavy (non-hydrogen) atoms. The van der Waals surface area contributed by atoms with Gasteiger partial charge in [0.1, 0.15) is 5.60 Å². The second-order valence-corrected chi connectivity index (χ2v) is 4.61. The highest BCUT2D eigenvalue weighted by Gasteiger charge is 2.43. The summed E-state index contributed by atoms with van der Waals surface area (Å²) in [5, 5.41) is 12.8. The van der Waals surface area contributed by atoms with Crippen LogP contribution in [0.1, 0.15) is 18.2 Å². The van der Waals surface area contributed by atoms with Crippen LogP contribution in [0.2, 0.25) is 5.02 Å². The third-order valence-corrected chi connectivity index (χ3v) is 4.04. The Hall–Kier alpha value is -0.0900. The molecule has 0 aliphatic carbocycles. The second-order valence-electron chi connectivity index (χ2n) is 3.28. The van der Waals surface area contributed by atoms with Crippen LogP contribution in [-0.4, -0.2) is 17.8 Å². The normalized spacial score (nSPS) is 33.9. The Kier molecular flexibility index (Phi) is 2.36. The molecule has 1 N–H and O–H groups in total. The molecule has 0 bridgehead atoms. The molecule has 2 unspecified atom stereocenters. The fraction of sp³-hybridized carbons (Fsp3) is 0.556. The highest BCUT2D eigenvalue weighted by Crippen LogP contribution is 2.41. The molecule has 0 spiro atoms. The summed E-state index contributed by atoms with van der Waals surface area (Å²) in [4.78, 5) is 0.833. The number of thiophene rings is 1. The molecule has 0 amide bonds. The van der Waals surface area contributed by atoms with Crippen LogP contribution in [0.4, 0.5) is 0 Å². The van der Waals surface area contributed by atoms with E-state index in [9.17, 15) is 5.11 Å². The third-order valence-electron chi connectivity index (χ3n) is 2.53. The lowest BCUT2D eigenvalue weighted by atomic mass is 9.95. The molecule has 0 aromatic carbocycles. The summed E-state index contributed by atoms with van der Waals surface area (Å²) in [6, 6.07) is 1.81. The topological polar surface area (TPSA) is 29.5 Å². The summed E-state index contributed by atoms with van der Waals surface area (Å²) in [6.07, 6.45) is 0.470. The van der Waals surface area contributed by atoms with Crippen LogP contribution in [0.25, 0.3) is 0 Å². The Bertz CT molecular complexity index is 312. The van der Waals surface area contributed by atoms with Crippen molar-refractivity contribution in [1.29, 1.82) is 0 Å². The molecule has 1 aliphatic heterocycles. The van der Waals surface area contributed by atoms with Gasteiger partial charge in [0.2, 0.25) is 0 Å². The molecule has 1 fully saturated rings. The average molecular weight is 219 g/mol. The van der Waals surface area contributed by atoms with Crippen molar-refractivity contribution >= 4 is 22.9 Å². The van der Waals surface area contributed by atoms with Crippen LogP contribution >= 0.6 is 22.9 Å². The van der Waals surface area contributed by atoms with E-state index in [0.29, 0.717) is 18.1 Å². The molecule has 1 aliphatic rings. The molecule has 4 heteroatoms. The number of ether oxygens (including phenoxy) is 1. The SMILES string of the molecule is CC1OCCC1(O)c1sccc1Cl. The first-order valence-corrected chi connectivity index (χ1v) is 5.48. The quantitative estimate of drug-likeness (QED) is 0.785. The van der Waals surface area contributed by atoms with Crippen LogP contribution in [0.3, 0.4) is 0 Å². The average Bonchev–Trinajstić information content (AvgIpc) is 2.62. The Morgan fingerprint density at radius 3 is 3.00 bits per heavy atom. The number of aliphatic hydroxyl groups is 1. The molecular weight excluding hydrogens is 208 g/mol. The molecule has 2 nitrogen and oxygen atoms in total. The predicted molar refractivity (Wildman–Crippen MR) is 53.3 cm³/mol. The maximum absolute atomic E-state index is 10.3. The lowest BCUT2D eigenvalue weighted by Crippen LogP contribution is -2.32. The van der Waals surface area contributed by atoms with Gasteiger partial charge in [0.05, 0.1) is 22.6 Å². The molecule has 1 aromatic heterocycles. The molecule has 0 radical (unpaired) electrons. The van der Waals surface area contributed by atoms with E-state index in [1.165, 1.54) is 11.3 Å². The Balaban J connectivity index is 2.39. The van der Waals surface area contributed by atoms with E-state index >= 15 is 0 Å². The van der Waals surface area contributed by atoms with Gasteiger partial charge in [-0.25, -0.2) is 0 Å². The molecular formula is C9H11ClO2S. The molecule has 1 aromatic rings. The minimum atomic E-state index is -0.870. The number of hydrogen-bond acceptors (Lipinski definition) is 3. The zero-order valence-corrected chi connectivity index (χ0v) is 8.86. The standard InChI is InChI=1S/C9H11ClO2S/c1-6-9(11,3-4-12-6)8-7(10)2-5-13-8/h2,5-6,11H,3-4H2,1H3. The predicted octanol–water partition coefficient (Wildman–Crippen LogP) is 2.40. The van der Waals surface area contributed by atoms with Crippen LogP contribution in [-0.2, 0) is 10.3 Å². The highest BCUT2D eigenvalue weighted by molar-refractivity contribution is 7.10. The minimum absolute atomic E-state index is 0.163. The van der Waals surface area contributed by atoms with Crippen LogP contribution in [0.15, 0.2) is 11.4 Å². The van der Waals surface area contributed by atoms with E-state index in [2.05, 4.69) is 0 Å². The maximum atomic E-state index is 10.3. The molecule has 0 saturated carbocycles. The lowest BCUT2D eigenvalue weighted by Gasteiger charge is -2.24. The van der Waals surface area contributed by atoms with E-state index in [4.69, 9.17) is 16.3 Å². The van der Waals surface area contributed by atoms with Crippen molar-refractivity contribution < 1.29 is 9.84 Å². The van der Waals surface area contributed by atoms with Crippen LogP contribution < -0.4 is 0 Å². The summed E-state index contributed by atoms with van der Waals surface area (Å²) in [5.74, 6) is 0. The fourth-order valence-corrected chi connectivity index (χ4v) is 3.06. The van der Waals surface area contributed by atoms with Gasteiger partial charge >= 0.3 is 0 Å². The van der Waals surface area contributed by atoms with Gasteiger partial charge in [-0.2, -0.15) is 0 Å². The van der Waals surface area contributed by atoms with Crippen molar-refractivity contribution in [2.24, 2.45) is 0 Å². The minimum Gasteiger partial charge on any atom is -0.381 e. The molecule has 72 valence electrons. The van der Waals surface area contributed by atoms with E-state index < -0.39 is 5.60 Å². The van der Waals surface area contributed by atoms with Crippen molar-refractivity contribution in [1.82, 2.24) is 0 Å². The maximum Gasteiger partial charge on any atom is 0.128 e. The first-order chi connectivity index (χ1) is 6.14. The van der Waals surface area contributed by atoms with E-state index in [0.717, 1.165) is 4.88 Å². The molecule has 2 rings (SSSR count). The van der Waals surface area contributed by atoms with Crippen LogP contribution in [0, 0.1) is 0 Å². The molecule has 1 saturated heterocycles. The first-order valence-electron chi connectivity index (χ1n) is 4.22. The van der Waals surface area contributed by atoms with Gasteiger partial charge in [-0.3, -0.25) is 0 Å². The van der Waals surface area contributed by atoms with E-state index in [1.807, 2.05) is 18.4 Å². The first kappa shape index (κ1) is 9.46. The molecule has 2 atom stereocenters. The van der Waals surface area contributed by atoms with Crippen molar-refractivity contribution in [3.05, 3.63) is 21.3 Å². The summed E-state index contributed by atoms with van der Waals surface area (Å²) >= 11 is 7.46. The zero-order valence-electron chi connectivity index (χ0n) is 7.29. The lowest BCUT2D eigenvalue weighted by molar-refractivity contribution is -0.0290. The summed E-state index contributed by atoms with van der Waals surface area (Å²) in [7, 11) is 0. The monoisotopic (exact) mass is 218 g/mol. The summed E-state index contributed by atoms with van der Waals surface area (Å²) < 4.78 is 5.35. The third kappa shape index (κ3) is 1.40. The molecule has 2 heterocycles. The van der Waals surface area contributed by atoms with E-state index in [-0.39, 0.29) is 6.10 Å². The fourth-order valence-electron chi connectivity index (χ4n) is 1.63. The smallest absolute Gasteiger partial charge is 0.128 e. The Morgan fingerprint density at radius 1 is 1.77 bits per heavy atom. The Morgan fingerprint density at radius 2 is 2.54 bits per heavy atom. The van der Waals surface area contributed by atoms with E-state index in [1.54, 1.807) is 0 Å². The van der Waals surface area contributed by atoms with Crippen molar-refractivity contribution in [2.45, 2.75) is 25.0 Å². The van der Waals surface area contributed by atoms with Gasteiger partial charge in [0.15, 0.2) is 0 Å². The number of rotatable bonds is 1. The van der Waals surface area contributed by atoms with Gasteiger partial charge in [-0.1, -0.05) is 11.6 Å². The van der Waals surface area contributed by atoms with Gasteiger partial charge in [0, 0.05) is 6.42 Å². The van der Waals surface area contributed by atoms with Gasteiger partial charge in [-0.15, -0.1) is 11.3 Å². The van der Waals surface area contributed by atoms with Gasteiger partial charge in [-0.05, 0) is 18.4 Å². The second kappa shape index (κ2) is 3.24. The number of hydrogen-bond donors (Lipinski definition) is 1.